The van der Waals surface area contributed by atoms with E-state index in [1.54, 1.807) is 6.20 Å². The van der Waals surface area contributed by atoms with Gasteiger partial charge in [-0.1, -0.05) is 19.1 Å². The third-order valence-corrected chi connectivity index (χ3v) is 1.67. The number of hydrogen-bond donors (Lipinski definition) is 1. The fourth-order valence-electron chi connectivity index (χ4n) is 1.02. The van der Waals surface area contributed by atoms with E-state index in [1.165, 1.54) is 0 Å². The Hall–Kier alpha value is -1.64. The van der Waals surface area contributed by atoms with Gasteiger partial charge in [0.05, 0.1) is 11.4 Å². The lowest BCUT2D eigenvalue weighted by Crippen LogP contribution is -1.83. The third-order valence-electron chi connectivity index (χ3n) is 1.67. The molecule has 0 unspecified atom stereocenters. The zero-order chi connectivity index (χ0) is 10.2. The Bertz CT molecular complexity index is 320. The van der Waals surface area contributed by atoms with E-state index in [9.17, 15) is 0 Å². The number of H-pyrrole nitrogens is 1. The fraction of sp³-hybridized carbons (Fsp3) is 0.273. The molecule has 0 saturated carbocycles. The first-order valence-electron chi connectivity index (χ1n) is 4.71. The largest absolute Gasteiger partial charge is 0.276 e. The molecule has 0 aromatic carbocycles. The molecular formula is C11H15N3. The van der Waals surface area contributed by atoms with Crippen LogP contribution in [0.25, 0.3) is 5.70 Å². The van der Waals surface area contributed by atoms with Crippen molar-refractivity contribution in [1.29, 1.82) is 0 Å². The molecule has 0 atom stereocenters. The van der Waals surface area contributed by atoms with Crippen molar-refractivity contribution < 1.29 is 0 Å². The Morgan fingerprint density at radius 3 is 3.14 bits per heavy atom. The first-order chi connectivity index (χ1) is 6.88. The van der Waals surface area contributed by atoms with Crippen molar-refractivity contribution in [2.45, 2.75) is 19.8 Å². The van der Waals surface area contributed by atoms with Crippen molar-refractivity contribution in [3.63, 3.8) is 0 Å². The van der Waals surface area contributed by atoms with Crippen LogP contribution in [0.2, 0.25) is 0 Å². The number of hydrogen-bond acceptors (Lipinski definition) is 2. The average Bonchev–Trinajstić information content (AvgIpc) is 2.71. The summed E-state index contributed by atoms with van der Waals surface area (Å²) in [7, 11) is 0. The van der Waals surface area contributed by atoms with Gasteiger partial charge in [0.25, 0.3) is 0 Å². The van der Waals surface area contributed by atoms with Crippen LogP contribution in [-0.2, 0) is 0 Å². The van der Waals surface area contributed by atoms with Gasteiger partial charge < -0.3 is 0 Å². The van der Waals surface area contributed by atoms with E-state index in [0.717, 1.165) is 24.2 Å². The minimum atomic E-state index is 0.815. The van der Waals surface area contributed by atoms with Gasteiger partial charge in [-0.05, 0) is 18.9 Å². The van der Waals surface area contributed by atoms with Crippen molar-refractivity contribution in [3.05, 3.63) is 36.7 Å². The number of aromatic amines is 1. The minimum Gasteiger partial charge on any atom is -0.276 e. The Labute approximate surface area is 84.3 Å². The summed E-state index contributed by atoms with van der Waals surface area (Å²) in [6.45, 7) is 5.73. The fourth-order valence-corrected chi connectivity index (χ4v) is 1.02. The Morgan fingerprint density at radius 2 is 2.57 bits per heavy atom. The van der Waals surface area contributed by atoms with E-state index >= 15 is 0 Å². The standard InChI is InChI=1S/C11H15N3/c1-3-5-6-10(12-8-4-2)11-7-9-13-14-11/h3,6-9H,1,4-5H2,2H3,(H,13,14)/b10-6-,12-8?. The predicted octanol–water partition coefficient (Wildman–Crippen LogP) is 2.81. The van der Waals surface area contributed by atoms with Crippen LogP contribution in [0.5, 0.6) is 0 Å². The summed E-state index contributed by atoms with van der Waals surface area (Å²) >= 11 is 0. The van der Waals surface area contributed by atoms with Crippen LogP contribution in [0.1, 0.15) is 25.5 Å². The van der Waals surface area contributed by atoms with Gasteiger partial charge in [0.1, 0.15) is 0 Å². The van der Waals surface area contributed by atoms with Gasteiger partial charge in [-0.2, -0.15) is 5.10 Å². The normalized spacial score (nSPS) is 12.2. The summed E-state index contributed by atoms with van der Waals surface area (Å²) in [5.41, 5.74) is 1.86. The van der Waals surface area contributed by atoms with Crippen LogP contribution in [0.15, 0.2) is 36.0 Å². The number of rotatable bonds is 5. The van der Waals surface area contributed by atoms with E-state index in [4.69, 9.17) is 0 Å². The first-order valence-corrected chi connectivity index (χ1v) is 4.71. The molecule has 1 rings (SSSR count). The molecule has 1 heterocycles. The van der Waals surface area contributed by atoms with Crippen LogP contribution in [-0.4, -0.2) is 16.4 Å². The number of aromatic nitrogens is 2. The molecular weight excluding hydrogens is 174 g/mol. The molecule has 3 heteroatoms. The number of aliphatic imine (C=N–C) groups is 1. The van der Waals surface area contributed by atoms with Crippen molar-refractivity contribution in [2.75, 3.05) is 0 Å². The van der Waals surface area contributed by atoms with Crippen molar-refractivity contribution in [1.82, 2.24) is 10.2 Å². The molecule has 0 radical (unpaired) electrons. The van der Waals surface area contributed by atoms with Gasteiger partial charge in [-0.25, -0.2) is 0 Å². The zero-order valence-electron chi connectivity index (χ0n) is 8.40. The number of nitrogens with zero attached hydrogens (tertiary/aromatic N) is 2. The number of allylic oxidation sites excluding steroid dienone is 2. The molecule has 74 valence electrons. The van der Waals surface area contributed by atoms with E-state index in [2.05, 4.69) is 28.7 Å². The smallest absolute Gasteiger partial charge is 0.0839 e. The van der Waals surface area contributed by atoms with E-state index in [-0.39, 0.29) is 0 Å². The third kappa shape index (κ3) is 3.01. The quantitative estimate of drug-likeness (QED) is 0.561. The lowest BCUT2D eigenvalue weighted by atomic mass is 10.2. The topological polar surface area (TPSA) is 41.0 Å². The van der Waals surface area contributed by atoms with Crippen LogP contribution in [0, 0.1) is 0 Å². The van der Waals surface area contributed by atoms with Gasteiger partial charge in [0, 0.05) is 12.4 Å². The van der Waals surface area contributed by atoms with E-state index < -0.39 is 0 Å². The maximum Gasteiger partial charge on any atom is 0.0839 e. The summed E-state index contributed by atoms with van der Waals surface area (Å²) in [6.07, 6.45) is 9.22. The second kappa shape index (κ2) is 5.91. The molecule has 0 saturated heterocycles. The summed E-state index contributed by atoms with van der Waals surface area (Å²) in [5.74, 6) is 0. The molecule has 0 aliphatic heterocycles. The Morgan fingerprint density at radius 1 is 1.71 bits per heavy atom. The van der Waals surface area contributed by atoms with Crippen LogP contribution >= 0.6 is 0 Å². The van der Waals surface area contributed by atoms with Crippen LogP contribution < -0.4 is 0 Å². The molecule has 0 aliphatic carbocycles. The first kappa shape index (κ1) is 10.4. The number of nitrogens with one attached hydrogen (secondary N) is 1. The highest BCUT2D eigenvalue weighted by molar-refractivity contribution is 5.72. The lowest BCUT2D eigenvalue weighted by Gasteiger charge is -1.96. The molecule has 0 amide bonds. The molecule has 0 fully saturated rings. The lowest BCUT2D eigenvalue weighted by molar-refractivity contribution is 1.07. The minimum absolute atomic E-state index is 0.815. The van der Waals surface area contributed by atoms with E-state index in [0.29, 0.717) is 0 Å². The van der Waals surface area contributed by atoms with Crippen molar-refractivity contribution in [3.8, 4) is 0 Å². The van der Waals surface area contributed by atoms with Gasteiger partial charge >= 0.3 is 0 Å². The molecule has 1 N–H and O–H groups in total. The van der Waals surface area contributed by atoms with Gasteiger partial charge in [0.15, 0.2) is 0 Å². The van der Waals surface area contributed by atoms with Crippen molar-refractivity contribution in [2.24, 2.45) is 4.99 Å². The molecule has 0 bridgehead atoms. The van der Waals surface area contributed by atoms with E-state index in [1.807, 2.05) is 24.4 Å². The summed E-state index contributed by atoms with van der Waals surface area (Å²) in [4.78, 5) is 4.34. The van der Waals surface area contributed by atoms with Gasteiger partial charge in [-0.3, -0.25) is 10.1 Å². The molecule has 3 nitrogen and oxygen atoms in total. The Kier molecular flexibility index (Phi) is 4.41. The average molecular weight is 189 g/mol. The summed E-state index contributed by atoms with van der Waals surface area (Å²) < 4.78 is 0. The van der Waals surface area contributed by atoms with Crippen LogP contribution in [0.3, 0.4) is 0 Å². The molecule has 0 spiro atoms. The van der Waals surface area contributed by atoms with Crippen molar-refractivity contribution >= 4 is 11.9 Å². The highest BCUT2D eigenvalue weighted by Gasteiger charge is 1.98. The summed E-state index contributed by atoms with van der Waals surface area (Å²) in [6, 6.07) is 1.90. The van der Waals surface area contributed by atoms with Gasteiger partial charge in [0.2, 0.25) is 0 Å². The Balaban J connectivity index is 2.82. The summed E-state index contributed by atoms with van der Waals surface area (Å²) in [5, 5.41) is 6.78. The molecule has 1 aromatic rings. The second-order valence-electron chi connectivity index (χ2n) is 2.80. The highest BCUT2D eigenvalue weighted by atomic mass is 15.1. The molecule has 1 aromatic heterocycles. The SMILES string of the molecule is C=CC/C=C(\N=CCC)c1ccn[nH]1. The van der Waals surface area contributed by atoms with Gasteiger partial charge in [-0.15, -0.1) is 6.58 Å². The maximum absolute atomic E-state index is 4.34. The second-order valence-corrected chi connectivity index (χ2v) is 2.80. The predicted molar refractivity (Wildman–Crippen MR) is 60.2 cm³/mol. The maximum atomic E-state index is 4.34. The zero-order valence-corrected chi connectivity index (χ0v) is 8.40. The van der Waals surface area contributed by atoms with Crippen LogP contribution in [0.4, 0.5) is 0 Å². The monoisotopic (exact) mass is 189 g/mol. The molecule has 0 aliphatic rings. The highest BCUT2D eigenvalue weighted by Crippen LogP contribution is 2.12. The molecule has 14 heavy (non-hydrogen) atoms.